The summed E-state index contributed by atoms with van der Waals surface area (Å²) in [5, 5.41) is 6.08. The van der Waals surface area contributed by atoms with E-state index in [1.165, 1.54) is 5.56 Å². The largest absolute Gasteiger partial charge is 0.351 e. The van der Waals surface area contributed by atoms with Crippen LogP contribution < -0.4 is 16.4 Å². The lowest BCUT2D eigenvalue weighted by Crippen LogP contribution is -2.92. The Hall–Kier alpha value is -2.18. The van der Waals surface area contributed by atoms with Crippen molar-refractivity contribution in [3.63, 3.8) is 0 Å². The summed E-state index contributed by atoms with van der Waals surface area (Å²) in [5.74, 6) is -0.388. The number of carbonyl (C=O) groups is 2. The van der Waals surface area contributed by atoms with Crippen LogP contribution in [-0.2, 0) is 4.79 Å². The van der Waals surface area contributed by atoms with Crippen molar-refractivity contribution >= 4 is 23.3 Å². The van der Waals surface area contributed by atoms with Gasteiger partial charge < -0.3 is 11.1 Å². The highest BCUT2D eigenvalue weighted by Crippen LogP contribution is 2.23. The highest BCUT2D eigenvalue weighted by molar-refractivity contribution is 7.10. The number of aryl methyl sites for hydroxylation is 1. The van der Waals surface area contributed by atoms with Crippen LogP contribution in [0.25, 0.3) is 0 Å². The molecule has 6 heteroatoms. The van der Waals surface area contributed by atoms with Gasteiger partial charge in [0.2, 0.25) is 0 Å². The molecule has 0 unspecified atom stereocenters. The van der Waals surface area contributed by atoms with E-state index >= 15 is 0 Å². The van der Waals surface area contributed by atoms with Crippen molar-refractivity contribution in [2.45, 2.75) is 25.9 Å². The molecular weight excluding hydrogens is 298 g/mol. The lowest BCUT2D eigenvalue weighted by molar-refractivity contribution is -0.704. The molecule has 1 heterocycles. The van der Waals surface area contributed by atoms with Gasteiger partial charge in [0.1, 0.15) is 6.04 Å². The first kappa shape index (κ1) is 16.2. The van der Waals surface area contributed by atoms with Crippen LogP contribution in [0.4, 0.5) is 4.79 Å². The van der Waals surface area contributed by atoms with Gasteiger partial charge in [-0.25, -0.2) is 4.79 Å². The van der Waals surface area contributed by atoms with Crippen LogP contribution in [0.1, 0.15) is 29.0 Å². The average molecular weight is 318 g/mol. The highest BCUT2D eigenvalue weighted by Gasteiger charge is 2.26. The second kappa shape index (κ2) is 7.20. The Bertz CT molecular complexity index is 638. The standard InChI is InChI=1S/C16H19N3O2S/c1-10-5-7-12(8-6-10)14(13-4-3-9-22-13)18-11(2)15(20)19-16(17)21/h3-9,11,14,18H,1-2H3,(H3,17,19,20,21)/p+1/t11-,14+/m0/s1. The maximum Gasteiger partial charge on any atom is 0.319 e. The second-order valence-electron chi connectivity index (χ2n) is 5.24. The predicted octanol–water partition coefficient (Wildman–Crippen LogP) is 1.29. The molecule has 1 aromatic carbocycles. The number of quaternary nitrogens is 1. The minimum absolute atomic E-state index is 0.00854. The Morgan fingerprint density at radius 2 is 1.91 bits per heavy atom. The second-order valence-corrected chi connectivity index (χ2v) is 6.22. The van der Waals surface area contributed by atoms with Crippen molar-refractivity contribution < 1.29 is 14.9 Å². The third kappa shape index (κ3) is 4.16. The molecule has 116 valence electrons. The summed E-state index contributed by atoms with van der Waals surface area (Å²) in [6.45, 7) is 3.80. The number of urea groups is 1. The lowest BCUT2D eigenvalue weighted by atomic mass is 10.0. The van der Waals surface area contributed by atoms with Gasteiger partial charge in [0.25, 0.3) is 5.91 Å². The van der Waals surface area contributed by atoms with Gasteiger partial charge in [0, 0.05) is 5.56 Å². The molecule has 2 aromatic rings. The maximum atomic E-state index is 11.9. The van der Waals surface area contributed by atoms with E-state index in [2.05, 4.69) is 29.6 Å². The molecular formula is C16H20N3O2S+. The molecule has 0 saturated carbocycles. The number of rotatable bonds is 5. The highest BCUT2D eigenvalue weighted by atomic mass is 32.1. The van der Waals surface area contributed by atoms with Gasteiger partial charge in [0.05, 0.1) is 4.88 Å². The van der Waals surface area contributed by atoms with E-state index in [0.29, 0.717) is 0 Å². The van der Waals surface area contributed by atoms with E-state index < -0.39 is 12.1 Å². The van der Waals surface area contributed by atoms with Crippen LogP contribution in [0.5, 0.6) is 0 Å². The molecule has 0 aliphatic heterocycles. The topological polar surface area (TPSA) is 88.8 Å². The number of carbonyl (C=O) groups excluding carboxylic acids is 2. The molecule has 2 rings (SSSR count). The molecule has 1 aromatic heterocycles. The van der Waals surface area contributed by atoms with Crippen LogP contribution in [0.3, 0.4) is 0 Å². The third-order valence-corrected chi connectivity index (χ3v) is 4.38. The van der Waals surface area contributed by atoms with Gasteiger partial charge in [-0.3, -0.25) is 10.1 Å². The van der Waals surface area contributed by atoms with Crippen LogP contribution in [0, 0.1) is 6.92 Å². The minimum atomic E-state index is -0.826. The normalized spacial score (nSPS) is 13.4. The number of thiophene rings is 1. The number of nitrogens with one attached hydrogen (secondary N) is 1. The smallest absolute Gasteiger partial charge is 0.319 e. The molecule has 22 heavy (non-hydrogen) atoms. The zero-order chi connectivity index (χ0) is 16.1. The molecule has 0 spiro atoms. The molecule has 0 aliphatic rings. The van der Waals surface area contributed by atoms with Crippen molar-refractivity contribution in [2.24, 2.45) is 5.73 Å². The SMILES string of the molecule is Cc1ccc([C@@H]([NH2+][C@@H](C)C(=O)NC(N)=O)c2cccs2)cc1. The Morgan fingerprint density at radius 1 is 1.23 bits per heavy atom. The molecule has 0 radical (unpaired) electrons. The number of hydrogen-bond acceptors (Lipinski definition) is 3. The Morgan fingerprint density at radius 3 is 2.45 bits per heavy atom. The van der Waals surface area contributed by atoms with Crippen molar-refractivity contribution in [2.75, 3.05) is 0 Å². The molecule has 3 amide bonds. The molecule has 0 aliphatic carbocycles. The number of amides is 3. The first-order valence-electron chi connectivity index (χ1n) is 7.02. The zero-order valence-corrected chi connectivity index (χ0v) is 13.4. The van der Waals surface area contributed by atoms with E-state index in [-0.39, 0.29) is 11.9 Å². The maximum absolute atomic E-state index is 11.9. The first-order chi connectivity index (χ1) is 10.5. The summed E-state index contributed by atoms with van der Waals surface area (Å²) in [5.41, 5.74) is 7.31. The van der Waals surface area contributed by atoms with E-state index in [1.807, 2.05) is 29.8 Å². The fourth-order valence-corrected chi connectivity index (χ4v) is 3.06. The molecule has 0 saturated heterocycles. The number of benzene rings is 1. The summed E-state index contributed by atoms with van der Waals surface area (Å²) in [6, 6.07) is 11.0. The molecule has 5 N–H and O–H groups in total. The Kier molecular flexibility index (Phi) is 5.30. The number of nitrogens with two attached hydrogens (primary N) is 2. The van der Waals surface area contributed by atoms with Gasteiger partial charge in [0.15, 0.2) is 6.04 Å². The quantitative estimate of drug-likeness (QED) is 0.775. The van der Waals surface area contributed by atoms with Crippen LogP contribution in [0.2, 0.25) is 0 Å². The van der Waals surface area contributed by atoms with Crippen LogP contribution in [-0.4, -0.2) is 18.0 Å². The van der Waals surface area contributed by atoms with Crippen molar-refractivity contribution in [1.29, 1.82) is 0 Å². The van der Waals surface area contributed by atoms with Crippen LogP contribution >= 0.6 is 11.3 Å². The summed E-state index contributed by atoms with van der Waals surface area (Å²) in [6.07, 6.45) is 0. The van der Waals surface area contributed by atoms with Crippen molar-refractivity contribution in [3.05, 3.63) is 57.8 Å². The fourth-order valence-electron chi connectivity index (χ4n) is 2.22. The summed E-state index contributed by atoms with van der Waals surface area (Å²) >= 11 is 1.64. The molecule has 0 bridgehead atoms. The third-order valence-electron chi connectivity index (χ3n) is 3.43. The number of primary amides is 1. The van der Waals surface area contributed by atoms with Gasteiger partial charge in [-0.1, -0.05) is 35.9 Å². The Labute approximate surface area is 133 Å². The average Bonchev–Trinajstić information content (AvgIpc) is 2.98. The van der Waals surface area contributed by atoms with E-state index in [1.54, 1.807) is 18.3 Å². The van der Waals surface area contributed by atoms with Gasteiger partial charge in [-0.15, -0.1) is 11.3 Å². The number of hydrogen-bond donors (Lipinski definition) is 3. The lowest BCUT2D eigenvalue weighted by Gasteiger charge is -2.19. The number of imide groups is 1. The van der Waals surface area contributed by atoms with Gasteiger partial charge in [-0.05, 0) is 25.3 Å². The summed E-state index contributed by atoms with van der Waals surface area (Å²) < 4.78 is 0. The minimum Gasteiger partial charge on any atom is -0.351 e. The molecule has 0 fully saturated rings. The Balaban J connectivity index is 2.21. The van der Waals surface area contributed by atoms with Gasteiger partial charge in [-0.2, -0.15) is 0 Å². The summed E-state index contributed by atoms with van der Waals surface area (Å²) in [4.78, 5) is 23.9. The van der Waals surface area contributed by atoms with E-state index in [0.717, 1.165) is 10.4 Å². The zero-order valence-electron chi connectivity index (χ0n) is 12.6. The van der Waals surface area contributed by atoms with Crippen molar-refractivity contribution in [3.8, 4) is 0 Å². The van der Waals surface area contributed by atoms with E-state index in [9.17, 15) is 9.59 Å². The molecule has 2 atom stereocenters. The van der Waals surface area contributed by atoms with Crippen molar-refractivity contribution in [1.82, 2.24) is 5.32 Å². The fraction of sp³-hybridized carbons (Fsp3) is 0.250. The predicted molar refractivity (Wildman–Crippen MR) is 86.5 cm³/mol. The monoisotopic (exact) mass is 318 g/mol. The van der Waals surface area contributed by atoms with Crippen LogP contribution in [0.15, 0.2) is 41.8 Å². The van der Waals surface area contributed by atoms with E-state index in [4.69, 9.17) is 5.73 Å². The first-order valence-corrected chi connectivity index (χ1v) is 7.90. The molecule has 5 nitrogen and oxygen atoms in total. The summed E-state index contributed by atoms with van der Waals surface area (Å²) in [7, 11) is 0. The van der Waals surface area contributed by atoms with Gasteiger partial charge >= 0.3 is 6.03 Å².